The Morgan fingerprint density at radius 2 is 1.46 bits per heavy atom. The molecule has 0 spiro atoms. The zero-order valence-electron chi connectivity index (χ0n) is 15.1. The van der Waals surface area contributed by atoms with Crippen molar-refractivity contribution in [1.29, 1.82) is 0 Å². The molecular formula is C22H20ClN3O2. The van der Waals surface area contributed by atoms with Gasteiger partial charge < -0.3 is 16.4 Å². The molecule has 0 radical (unpaired) electrons. The van der Waals surface area contributed by atoms with Crippen molar-refractivity contribution in [3.63, 3.8) is 0 Å². The van der Waals surface area contributed by atoms with Gasteiger partial charge in [0, 0.05) is 34.9 Å². The van der Waals surface area contributed by atoms with Crippen molar-refractivity contribution < 1.29 is 9.59 Å². The Balaban J connectivity index is 1.73. The van der Waals surface area contributed by atoms with E-state index in [0.717, 1.165) is 11.1 Å². The van der Waals surface area contributed by atoms with Gasteiger partial charge in [-0.1, -0.05) is 30.3 Å². The fraction of sp³-hybridized carbons (Fsp3) is 0.0909. The van der Waals surface area contributed by atoms with Crippen LogP contribution in [0.5, 0.6) is 0 Å². The van der Waals surface area contributed by atoms with Crippen molar-refractivity contribution in [2.24, 2.45) is 5.73 Å². The van der Waals surface area contributed by atoms with Gasteiger partial charge in [0.25, 0.3) is 11.8 Å². The standard InChI is InChI=1S/C22H20ClN3O2/c23-13-15-6-8-17(9-7-15)22(28)26-20-11-10-19(12-18(20)14-24)25-21(27)16-4-2-1-3-5-16/h1-12H,13-14,24H2,(H,25,27)(H,26,28). The van der Waals surface area contributed by atoms with Gasteiger partial charge in [0.15, 0.2) is 0 Å². The monoisotopic (exact) mass is 393 g/mol. The van der Waals surface area contributed by atoms with Crippen LogP contribution in [0.1, 0.15) is 31.8 Å². The van der Waals surface area contributed by atoms with E-state index in [0.29, 0.717) is 28.4 Å². The van der Waals surface area contributed by atoms with E-state index in [2.05, 4.69) is 10.6 Å². The van der Waals surface area contributed by atoms with Gasteiger partial charge in [-0.05, 0) is 53.6 Å². The molecule has 3 aromatic rings. The Morgan fingerprint density at radius 3 is 2.11 bits per heavy atom. The summed E-state index contributed by atoms with van der Waals surface area (Å²) in [7, 11) is 0. The highest BCUT2D eigenvalue weighted by Gasteiger charge is 2.11. The highest BCUT2D eigenvalue weighted by Crippen LogP contribution is 2.22. The number of rotatable bonds is 6. The molecule has 0 saturated carbocycles. The number of amides is 2. The molecule has 142 valence electrons. The SMILES string of the molecule is NCc1cc(NC(=O)c2ccccc2)ccc1NC(=O)c1ccc(CCl)cc1. The van der Waals surface area contributed by atoms with Crippen molar-refractivity contribution in [2.45, 2.75) is 12.4 Å². The summed E-state index contributed by atoms with van der Waals surface area (Å²) in [5, 5.41) is 5.70. The lowest BCUT2D eigenvalue weighted by molar-refractivity contribution is 0.101. The minimum atomic E-state index is -0.239. The minimum absolute atomic E-state index is 0.209. The molecule has 0 atom stereocenters. The highest BCUT2D eigenvalue weighted by atomic mass is 35.5. The molecule has 5 nitrogen and oxygen atoms in total. The third-order valence-corrected chi connectivity index (χ3v) is 4.55. The van der Waals surface area contributed by atoms with Crippen LogP contribution in [0.25, 0.3) is 0 Å². The van der Waals surface area contributed by atoms with Crippen LogP contribution in [0.15, 0.2) is 72.8 Å². The van der Waals surface area contributed by atoms with E-state index in [4.69, 9.17) is 17.3 Å². The van der Waals surface area contributed by atoms with Gasteiger partial charge in [-0.25, -0.2) is 0 Å². The van der Waals surface area contributed by atoms with Gasteiger partial charge >= 0.3 is 0 Å². The number of nitrogens with one attached hydrogen (secondary N) is 2. The Labute approximate surface area is 168 Å². The van der Waals surface area contributed by atoms with E-state index in [9.17, 15) is 9.59 Å². The van der Waals surface area contributed by atoms with Crippen LogP contribution < -0.4 is 16.4 Å². The van der Waals surface area contributed by atoms with E-state index in [-0.39, 0.29) is 18.4 Å². The molecule has 0 aromatic heterocycles. The summed E-state index contributed by atoms with van der Waals surface area (Å²) in [6, 6.07) is 21.2. The zero-order valence-corrected chi connectivity index (χ0v) is 15.9. The van der Waals surface area contributed by atoms with Crippen LogP contribution in [0.3, 0.4) is 0 Å². The van der Waals surface area contributed by atoms with Gasteiger partial charge in [-0.3, -0.25) is 9.59 Å². The maximum Gasteiger partial charge on any atom is 0.255 e. The van der Waals surface area contributed by atoms with Gasteiger partial charge in [0.1, 0.15) is 0 Å². The first-order valence-electron chi connectivity index (χ1n) is 8.76. The number of hydrogen-bond acceptors (Lipinski definition) is 3. The molecule has 0 fully saturated rings. The van der Waals surface area contributed by atoms with Crippen molar-refractivity contribution in [3.8, 4) is 0 Å². The lowest BCUT2D eigenvalue weighted by Crippen LogP contribution is -2.16. The van der Waals surface area contributed by atoms with Gasteiger partial charge in [0.2, 0.25) is 0 Å². The second-order valence-corrected chi connectivity index (χ2v) is 6.45. The first-order chi connectivity index (χ1) is 13.6. The summed E-state index contributed by atoms with van der Waals surface area (Å²) in [5.41, 5.74) is 9.80. The maximum absolute atomic E-state index is 12.5. The summed E-state index contributed by atoms with van der Waals surface area (Å²) in [6.07, 6.45) is 0. The number of benzene rings is 3. The first-order valence-corrected chi connectivity index (χ1v) is 9.30. The number of carbonyl (C=O) groups is 2. The number of alkyl halides is 1. The molecule has 0 saturated heterocycles. The predicted octanol–water partition coefficient (Wildman–Crippen LogP) is 4.39. The van der Waals surface area contributed by atoms with E-state index < -0.39 is 0 Å². The van der Waals surface area contributed by atoms with E-state index >= 15 is 0 Å². The van der Waals surface area contributed by atoms with Crippen LogP contribution in [0.4, 0.5) is 11.4 Å². The Morgan fingerprint density at radius 1 is 0.821 bits per heavy atom. The summed E-state index contributed by atoms with van der Waals surface area (Å²) in [6.45, 7) is 0.218. The third-order valence-electron chi connectivity index (χ3n) is 4.24. The van der Waals surface area contributed by atoms with E-state index in [1.807, 2.05) is 18.2 Å². The zero-order chi connectivity index (χ0) is 19.9. The molecule has 0 aliphatic heterocycles. The van der Waals surface area contributed by atoms with Crippen LogP contribution in [0.2, 0.25) is 0 Å². The van der Waals surface area contributed by atoms with Crippen molar-refractivity contribution in [3.05, 3.63) is 95.1 Å². The number of nitrogens with two attached hydrogens (primary N) is 1. The average molecular weight is 394 g/mol. The number of anilines is 2. The number of carbonyl (C=O) groups excluding carboxylic acids is 2. The molecule has 0 heterocycles. The second kappa shape index (κ2) is 9.17. The topological polar surface area (TPSA) is 84.2 Å². The van der Waals surface area contributed by atoms with Crippen molar-refractivity contribution >= 4 is 34.8 Å². The molecule has 3 aromatic carbocycles. The third kappa shape index (κ3) is 4.76. The van der Waals surface area contributed by atoms with Gasteiger partial charge in [-0.15, -0.1) is 11.6 Å². The Hall–Kier alpha value is -3.15. The molecule has 4 N–H and O–H groups in total. The quantitative estimate of drug-likeness (QED) is 0.543. The fourth-order valence-electron chi connectivity index (χ4n) is 2.69. The average Bonchev–Trinajstić information content (AvgIpc) is 2.75. The van der Waals surface area contributed by atoms with Crippen LogP contribution in [-0.4, -0.2) is 11.8 Å². The molecule has 0 bridgehead atoms. The van der Waals surface area contributed by atoms with Crippen LogP contribution in [-0.2, 0) is 12.4 Å². The largest absolute Gasteiger partial charge is 0.326 e. The molecule has 6 heteroatoms. The Bertz CT molecular complexity index is 973. The molecule has 0 aliphatic rings. The fourth-order valence-corrected chi connectivity index (χ4v) is 2.87. The molecule has 2 amide bonds. The smallest absolute Gasteiger partial charge is 0.255 e. The normalized spacial score (nSPS) is 10.4. The molecule has 3 rings (SSSR count). The summed E-state index contributed by atoms with van der Waals surface area (Å²) in [5.74, 6) is -0.0494. The minimum Gasteiger partial charge on any atom is -0.326 e. The first kappa shape index (κ1) is 19.6. The van der Waals surface area contributed by atoms with Gasteiger partial charge in [0.05, 0.1) is 0 Å². The number of halogens is 1. The lowest BCUT2D eigenvalue weighted by atomic mass is 10.1. The molecular weight excluding hydrogens is 374 g/mol. The molecule has 28 heavy (non-hydrogen) atoms. The molecule has 0 aliphatic carbocycles. The van der Waals surface area contributed by atoms with Crippen LogP contribution >= 0.6 is 11.6 Å². The van der Waals surface area contributed by atoms with E-state index in [1.165, 1.54) is 0 Å². The van der Waals surface area contributed by atoms with Crippen LogP contribution in [0, 0.1) is 0 Å². The lowest BCUT2D eigenvalue weighted by Gasteiger charge is -2.13. The maximum atomic E-state index is 12.5. The van der Waals surface area contributed by atoms with E-state index in [1.54, 1.807) is 54.6 Å². The summed E-state index contributed by atoms with van der Waals surface area (Å²) in [4.78, 5) is 24.8. The van der Waals surface area contributed by atoms with Crippen molar-refractivity contribution in [2.75, 3.05) is 10.6 Å². The number of hydrogen-bond donors (Lipinski definition) is 3. The second-order valence-electron chi connectivity index (χ2n) is 6.18. The Kier molecular flexibility index (Phi) is 6.42. The predicted molar refractivity (Wildman–Crippen MR) is 113 cm³/mol. The van der Waals surface area contributed by atoms with Gasteiger partial charge in [-0.2, -0.15) is 0 Å². The summed E-state index contributed by atoms with van der Waals surface area (Å²) >= 11 is 5.77. The summed E-state index contributed by atoms with van der Waals surface area (Å²) < 4.78 is 0. The van der Waals surface area contributed by atoms with Crippen molar-refractivity contribution in [1.82, 2.24) is 0 Å². The highest BCUT2D eigenvalue weighted by molar-refractivity contribution is 6.17. The molecule has 0 unspecified atom stereocenters.